The molecule has 2 aromatic rings. The van der Waals surface area contributed by atoms with Crippen LogP contribution < -0.4 is 4.74 Å². The maximum Gasteiger partial charge on any atom is 0.340 e. The van der Waals surface area contributed by atoms with E-state index in [0.29, 0.717) is 0 Å². The highest BCUT2D eigenvalue weighted by molar-refractivity contribution is 6.07. The lowest BCUT2D eigenvalue weighted by molar-refractivity contribution is 0.0601. The molecule has 0 atom stereocenters. The van der Waals surface area contributed by atoms with Gasteiger partial charge in [-0.25, -0.2) is 13.6 Å². The van der Waals surface area contributed by atoms with Crippen LogP contribution in [0.3, 0.4) is 0 Å². The molecule has 2 aromatic heterocycles. The van der Waals surface area contributed by atoms with Gasteiger partial charge in [0.15, 0.2) is 0 Å². The number of esters is 1. The monoisotopic (exact) mass is 347 g/mol. The smallest absolute Gasteiger partial charge is 0.340 e. The number of carbonyl (C=O) groups is 1. The maximum absolute atomic E-state index is 13.0. The second kappa shape index (κ2) is 7.61. The number of halogens is 2. The van der Waals surface area contributed by atoms with E-state index >= 15 is 0 Å². The van der Waals surface area contributed by atoms with Crippen molar-refractivity contribution in [3.05, 3.63) is 54.1 Å². The number of methoxy groups -OCH3 is 2. The van der Waals surface area contributed by atoms with Gasteiger partial charge in [0.1, 0.15) is 11.4 Å². The number of rotatable bonds is 6. The fraction of sp³-hybridized carbons (Fsp3) is 0.176. The normalized spacial score (nSPS) is 10.4. The SMILES string of the molecule is C=CC(=N)c1cc(-c2cc(C(F)F)ncc2OC)c(C(=O)OC)cn1. The summed E-state index contributed by atoms with van der Waals surface area (Å²) in [6.07, 6.45) is 0.852. The Morgan fingerprint density at radius 2 is 1.96 bits per heavy atom. The molecule has 0 aliphatic heterocycles. The van der Waals surface area contributed by atoms with Crippen LogP contribution in [0, 0.1) is 5.41 Å². The molecule has 0 aliphatic carbocycles. The van der Waals surface area contributed by atoms with Gasteiger partial charge in [-0.3, -0.25) is 15.4 Å². The van der Waals surface area contributed by atoms with Gasteiger partial charge in [-0.1, -0.05) is 6.58 Å². The highest BCUT2D eigenvalue weighted by atomic mass is 19.3. The Balaban J connectivity index is 2.78. The van der Waals surface area contributed by atoms with Crippen molar-refractivity contribution in [3.8, 4) is 16.9 Å². The van der Waals surface area contributed by atoms with E-state index in [4.69, 9.17) is 14.9 Å². The number of allylic oxidation sites excluding steroid dienone is 1. The van der Waals surface area contributed by atoms with Gasteiger partial charge in [-0.2, -0.15) is 0 Å². The molecule has 8 heteroatoms. The zero-order chi connectivity index (χ0) is 18.6. The minimum absolute atomic E-state index is 0.0137. The lowest BCUT2D eigenvalue weighted by atomic mass is 9.99. The van der Waals surface area contributed by atoms with E-state index in [1.165, 1.54) is 32.6 Å². The fourth-order valence-electron chi connectivity index (χ4n) is 2.15. The van der Waals surface area contributed by atoms with Gasteiger partial charge in [0, 0.05) is 17.3 Å². The van der Waals surface area contributed by atoms with Crippen LogP contribution in [0.5, 0.6) is 5.75 Å². The largest absolute Gasteiger partial charge is 0.494 e. The molecule has 0 amide bonds. The minimum Gasteiger partial charge on any atom is -0.494 e. The molecular weight excluding hydrogens is 332 g/mol. The van der Waals surface area contributed by atoms with Crippen LogP contribution in [0.2, 0.25) is 0 Å². The van der Waals surface area contributed by atoms with Crippen molar-refractivity contribution in [2.45, 2.75) is 6.43 Å². The lowest BCUT2D eigenvalue weighted by Crippen LogP contribution is -2.08. The minimum atomic E-state index is -2.79. The molecule has 1 N–H and O–H groups in total. The van der Waals surface area contributed by atoms with E-state index in [0.717, 1.165) is 12.3 Å². The molecular formula is C17H15F2N3O3. The van der Waals surface area contributed by atoms with Crippen LogP contribution in [-0.4, -0.2) is 35.9 Å². The highest BCUT2D eigenvalue weighted by Gasteiger charge is 2.21. The summed E-state index contributed by atoms with van der Waals surface area (Å²) in [5, 5.41) is 7.81. The summed E-state index contributed by atoms with van der Waals surface area (Å²) in [6.45, 7) is 3.49. The zero-order valence-corrected chi connectivity index (χ0v) is 13.5. The second-order valence-corrected chi connectivity index (χ2v) is 4.83. The molecule has 130 valence electrons. The van der Waals surface area contributed by atoms with Gasteiger partial charge in [0.25, 0.3) is 6.43 Å². The van der Waals surface area contributed by atoms with Crippen molar-refractivity contribution in [2.75, 3.05) is 14.2 Å². The number of hydrogen-bond acceptors (Lipinski definition) is 6. The number of aromatic nitrogens is 2. The number of nitrogens with zero attached hydrogens (tertiary/aromatic N) is 2. The Labute approximate surface area is 142 Å². The number of hydrogen-bond donors (Lipinski definition) is 1. The Bertz CT molecular complexity index is 838. The van der Waals surface area contributed by atoms with Crippen molar-refractivity contribution in [1.29, 1.82) is 5.41 Å². The summed E-state index contributed by atoms with van der Waals surface area (Å²) in [7, 11) is 2.55. The summed E-state index contributed by atoms with van der Waals surface area (Å²) >= 11 is 0. The molecule has 25 heavy (non-hydrogen) atoms. The van der Waals surface area contributed by atoms with E-state index in [9.17, 15) is 13.6 Å². The molecule has 0 spiro atoms. The molecule has 0 aromatic carbocycles. The van der Waals surface area contributed by atoms with Gasteiger partial charge < -0.3 is 9.47 Å². The number of nitrogens with one attached hydrogen (secondary N) is 1. The second-order valence-electron chi connectivity index (χ2n) is 4.83. The van der Waals surface area contributed by atoms with Crippen molar-refractivity contribution in [1.82, 2.24) is 9.97 Å². The first-order chi connectivity index (χ1) is 11.9. The van der Waals surface area contributed by atoms with Crippen molar-refractivity contribution >= 4 is 11.7 Å². The predicted octanol–water partition coefficient (Wildman–Crippen LogP) is 3.43. The van der Waals surface area contributed by atoms with Crippen LogP contribution >= 0.6 is 0 Å². The summed E-state index contributed by atoms with van der Waals surface area (Å²) in [6, 6.07) is 2.55. The molecule has 0 aliphatic rings. The molecule has 2 rings (SSSR count). The standard InChI is InChI=1S/C17H15F2N3O3/c1-4-12(20)13-5-9(11(7-21-13)17(23)25-3)10-6-14(16(18)19)22-8-15(10)24-2/h4-8,16,20H,1H2,2-3H3. The number of alkyl halides is 2. The average Bonchev–Trinajstić information content (AvgIpc) is 2.65. The van der Waals surface area contributed by atoms with Gasteiger partial charge in [-0.05, 0) is 18.2 Å². The van der Waals surface area contributed by atoms with Gasteiger partial charge in [0.2, 0.25) is 0 Å². The quantitative estimate of drug-likeness (QED) is 0.639. The van der Waals surface area contributed by atoms with Gasteiger partial charge >= 0.3 is 5.97 Å². The van der Waals surface area contributed by atoms with E-state index in [2.05, 4.69) is 16.5 Å². The van der Waals surface area contributed by atoms with E-state index in [-0.39, 0.29) is 33.8 Å². The van der Waals surface area contributed by atoms with Crippen molar-refractivity contribution < 1.29 is 23.0 Å². The Morgan fingerprint density at radius 1 is 1.24 bits per heavy atom. The topological polar surface area (TPSA) is 85.2 Å². The summed E-state index contributed by atoms with van der Waals surface area (Å²) in [5.74, 6) is -0.506. The third-order valence-electron chi connectivity index (χ3n) is 3.41. The summed E-state index contributed by atoms with van der Waals surface area (Å²) < 4.78 is 36.0. The van der Waals surface area contributed by atoms with E-state index < -0.39 is 18.1 Å². The molecule has 0 unspecified atom stereocenters. The fourth-order valence-corrected chi connectivity index (χ4v) is 2.15. The van der Waals surface area contributed by atoms with Crippen LogP contribution in [-0.2, 0) is 4.74 Å². The van der Waals surface area contributed by atoms with E-state index in [1.807, 2.05) is 0 Å². The third kappa shape index (κ3) is 3.68. The van der Waals surface area contributed by atoms with Crippen LogP contribution in [0.25, 0.3) is 11.1 Å². The molecule has 0 saturated heterocycles. The molecule has 0 fully saturated rings. The third-order valence-corrected chi connectivity index (χ3v) is 3.41. The lowest BCUT2D eigenvalue weighted by Gasteiger charge is -2.14. The molecule has 0 bridgehead atoms. The van der Waals surface area contributed by atoms with Crippen molar-refractivity contribution in [3.63, 3.8) is 0 Å². The first kappa shape index (κ1) is 18.2. The van der Waals surface area contributed by atoms with Gasteiger partial charge in [-0.15, -0.1) is 0 Å². The van der Waals surface area contributed by atoms with Crippen LogP contribution in [0.15, 0.2) is 37.2 Å². The van der Waals surface area contributed by atoms with Gasteiger partial charge in [0.05, 0.1) is 37.4 Å². The van der Waals surface area contributed by atoms with Crippen molar-refractivity contribution in [2.24, 2.45) is 0 Å². The molecule has 6 nitrogen and oxygen atoms in total. The highest BCUT2D eigenvalue weighted by Crippen LogP contribution is 2.35. The maximum atomic E-state index is 13.0. The Hall–Kier alpha value is -3.16. The Morgan fingerprint density at radius 3 is 2.52 bits per heavy atom. The zero-order valence-electron chi connectivity index (χ0n) is 13.5. The van der Waals surface area contributed by atoms with E-state index in [1.54, 1.807) is 0 Å². The number of ether oxygens (including phenoxy) is 2. The number of pyridine rings is 2. The molecule has 0 radical (unpaired) electrons. The van der Waals surface area contributed by atoms with Crippen LogP contribution in [0.1, 0.15) is 28.2 Å². The Kier molecular flexibility index (Phi) is 5.53. The first-order valence-electron chi connectivity index (χ1n) is 7.05. The summed E-state index contributed by atoms with van der Waals surface area (Å²) in [4.78, 5) is 19.7. The molecule has 2 heterocycles. The predicted molar refractivity (Wildman–Crippen MR) is 87.3 cm³/mol. The van der Waals surface area contributed by atoms with Crippen LogP contribution in [0.4, 0.5) is 8.78 Å². The molecule has 0 saturated carbocycles. The summed E-state index contributed by atoms with van der Waals surface area (Å²) in [5.41, 5.74) is 0.268. The average molecular weight is 347 g/mol. The number of carbonyl (C=O) groups excluding carboxylic acids is 1. The first-order valence-corrected chi connectivity index (χ1v) is 7.05.